The molecule has 0 fully saturated rings. The van der Waals surface area contributed by atoms with Gasteiger partial charge in [-0.15, -0.1) is 0 Å². The summed E-state index contributed by atoms with van der Waals surface area (Å²) in [6.07, 6.45) is 0.937. The summed E-state index contributed by atoms with van der Waals surface area (Å²) in [5.74, 6) is 1.87. The van der Waals surface area contributed by atoms with Crippen LogP contribution in [0.5, 0.6) is 11.5 Å². The topological polar surface area (TPSA) is 136 Å². The molecule has 3 rings (SSSR count). The number of carbonyl (C=O) groups is 2. The number of amides is 1. The molecule has 0 saturated carbocycles. The molecule has 0 radical (unpaired) electrons. The van der Waals surface area contributed by atoms with Crippen LogP contribution >= 0.6 is 11.6 Å². The van der Waals surface area contributed by atoms with Crippen LogP contribution in [0.25, 0.3) is 0 Å². The predicted molar refractivity (Wildman–Crippen MR) is 170 cm³/mol. The van der Waals surface area contributed by atoms with E-state index in [1.807, 2.05) is 30.0 Å². The lowest BCUT2D eigenvalue weighted by molar-refractivity contribution is -0.144. The number of likely N-dealkylation sites (N-methyl/N-ethyl adjacent to an activating group) is 1. The number of anilines is 4. The smallest absolute Gasteiger partial charge is 0.407 e. The van der Waals surface area contributed by atoms with Gasteiger partial charge in [-0.25, -0.2) is 14.8 Å². The number of ether oxygens (including phenoxy) is 4. The number of hydrogen-bond acceptors (Lipinski definition) is 11. The first-order valence-electron chi connectivity index (χ1n) is 14.3. The van der Waals surface area contributed by atoms with E-state index in [9.17, 15) is 9.59 Å². The number of alkyl carbamates (subject to hydrolysis) is 1. The van der Waals surface area contributed by atoms with Gasteiger partial charge in [-0.05, 0) is 70.1 Å². The van der Waals surface area contributed by atoms with Crippen molar-refractivity contribution in [2.75, 3.05) is 50.6 Å². The van der Waals surface area contributed by atoms with Gasteiger partial charge in [-0.3, -0.25) is 9.69 Å². The number of rotatable bonds is 15. The third-order valence-electron chi connectivity index (χ3n) is 5.95. The van der Waals surface area contributed by atoms with Crippen molar-refractivity contribution in [3.8, 4) is 11.5 Å². The molecule has 12 nitrogen and oxygen atoms in total. The van der Waals surface area contributed by atoms with Gasteiger partial charge >= 0.3 is 12.1 Å². The van der Waals surface area contributed by atoms with Gasteiger partial charge in [0, 0.05) is 35.1 Å². The molecule has 1 amide bonds. The van der Waals surface area contributed by atoms with E-state index in [1.165, 1.54) is 6.33 Å². The lowest BCUT2D eigenvalue weighted by atomic mass is 10.1. The maximum Gasteiger partial charge on any atom is 0.407 e. The van der Waals surface area contributed by atoms with Crippen LogP contribution in [0.3, 0.4) is 0 Å². The number of methoxy groups -OCH3 is 1. The van der Waals surface area contributed by atoms with E-state index in [4.69, 9.17) is 30.5 Å². The molecule has 0 aliphatic heterocycles. The molecule has 0 unspecified atom stereocenters. The van der Waals surface area contributed by atoms with Crippen molar-refractivity contribution >= 4 is 46.7 Å². The quantitative estimate of drug-likeness (QED) is 0.137. The molecule has 44 heavy (non-hydrogen) atoms. The molecular formula is C31H41ClN6O6. The first-order chi connectivity index (χ1) is 21.0. The highest BCUT2D eigenvalue weighted by Gasteiger charge is 2.16. The lowest BCUT2D eigenvalue weighted by Gasteiger charge is -2.20. The Bertz CT molecular complexity index is 1400. The molecular weight excluding hydrogens is 588 g/mol. The summed E-state index contributed by atoms with van der Waals surface area (Å²) < 4.78 is 21.6. The zero-order valence-corrected chi connectivity index (χ0v) is 26.8. The first-order valence-corrected chi connectivity index (χ1v) is 14.7. The summed E-state index contributed by atoms with van der Waals surface area (Å²) in [6.45, 7) is 11.3. The molecule has 3 N–H and O–H groups in total. The first kappa shape index (κ1) is 34.2. The van der Waals surface area contributed by atoms with Gasteiger partial charge in [0.05, 0.1) is 26.8 Å². The fourth-order valence-electron chi connectivity index (χ4n) is 3.97. The highest BCUT2D eigenvalue weighted by Crippen LogP contribution is 2.32. The van der Waals surface area contributed by atoms with Crippen LogP contribution in [0.2, 0.25) is 5.02 Å². The molecule has 0 spiro atoms. The van der Waals surface area contributed by atoms with Crippen molar-refractivity contribution in [2.24, 2.45) is 0 Å². The molecule has 3 aromatic rings. The second-order valence-electron chi connectivity index (χ2n) is 10.6. The summed E-state index contributed by atoms with van der Waals surface area (Å²) in [5, 5.41) is 9.80. The van der Waals surface area contributed by atoms with Crippen LogP contribution in [0.4, 0.5) is 27.8 Å². The van der Waals surface area contributed by atoms with Crippen molar-refractivity contribution in [1.29, 1.82) is 0 Å². The molecule has 238 valence electrons. The zero-order chi connectivity index (χ0) is 32.1. The standard InChI is InChI=1S/C31H41ClN6O6/c1-7-38(19-29(39)42-8-2)18-21-15-22(9-11-24(21)32)36-27-17-28(35-20-34-27)37-23-10-12-25(41-6)26(16-23)43-14-13-33-30(40)44-31(3,4)5/h9-12,15-17,20H,7-8,13-14,18-19H2,1-6H3,(H,33,40)(H2,34,35,36,37). The minimum atomic E-state index is -0.578. The number of benzene rings is 2. The average molecular weight is 629 g/mol. The number of nitrogens with zero attached hydrogens (tertiary/aromatic N) is 3. The van der Waals surface area contributed by atoms with Gasteiger partial charge in [0.15, 0.2) is 11.5 Å². The summed E-state index contributed by atoms with van der Waals surface area (Å²) in [5.41, 5.74) is 1.77. The molecule has 1 heterocycles. The van der Waals surface area contributed by atoms with E-state index in [0.717, 1.165) is 11.3 Å². The van der Waals surface area contributed by atoms with E-state index in [-0.39, 0.29) is 25.7 Å². The predicted octanol–water partition coefficient (Wildman–Crippen LogP) is 5.91. The van der Waals surface area contributed by atoms with Gasteiger partial charge in [0.2, 0.25) is 0 Å². The maximum absolute atomic E-state index is 12.0. The second kappa shape index (κ2) is 16.5. The number of halogens is 1. The van der Waals surface area contributed by atoms with E-state index >= 15 is 0 Å². The normalized spacial score (nSPS) is 11.1. The Hall–Kier alpha value is -4.29. The Kier molecular flexibility index (Phi) is 12.8. The third kappa shape index (κ3) is 11.4. The largest absolute Gasteiger partial charge is 0.493 e. The monoisotopic (exact) mass is 628 g/mol. The second-order valence-corrected chi connectivity index (χ2v) is 11.0. The number of esters is 1. The van der Waals surface area contributed by atoms with Crippen molar-refractivity contribution in [2.45, 2.75) is 46.8 Å². The summed E-state index contributed by atoms with van der Waals surface area (Å²) in [7, 11) is 1.55. The molecule has 0 aliphatic carbocycles. The van der Waals surface area contributed by atoms with E-state index < -0.39 is 11.7 Å². The molecule has 2 aromatic carbocycles. The van der Waals surface area contributed by atoms with Crippen molar-refractivity contribution in [3.63, 3.8) is 0 Å². The van der Waals surface area contributed by atoms with Crippen molar-refractivity contribution in [1.82, 2.24) is 20.2 Å². The molecule has 0 saturated heterocycles. The summed E-state index contributed by atoms with van der Waals surface area (Å²) in [4.78, 5) is 34.5. The molecule has 0 aliphatic rings. The van der Waals surface area contributed by atoms with Crippen molar-refractivity contribution < 1.29 is 28.5 Å². The van der Waals surface area contributed by atoms with E-state index in [1.54, 1.807) is 59.1 Å². The fourth-order valence-corrected chi connectivity index (χ4v) is 4.15. The number of nitrogens with one attached hydrogen (secondary N) is 3. The highest BCUT2D eigenvalue weighted by atomic mass is 35.5. The Balaban J connectivity index is 1.64. The summed E-state index contributed by atoms with van der Waals surface area (Å²) in [6, 6.07) is 12.7. The van der Waals surface area contributed by atoms with Gasteiger partial charge in [-0.2, -0.15) is 0 Å². The number of aromatic nitrogens is 2. The molecule has 1 aromatic heterocycles. The Morgan fingerprint density at radius 3 is 2.27 bits per heavy atom. The number of hydrogen-bond donors (Lipinski definition) is 3. The Labute approximate surface area is 263 Å². The van der Waals surface area contributed by atoms with Gasteiger partial charge < -0.3 is 34.9 Å². The van der Waals surface area contributed by atoms with Crippen LogP contribution in [-0.2, 0) is 20.8 Å². The van der Waals surface area contributed by atoms with E-state index in [0.29, 0.717) is 53.5 Å². The average Bonchev–Trinajstić information content (AvgIpc) is 2.96. The Morgan fingerprint density at radius 1 is 0.955 bits per heavy atom. The van der Waals surface area contributed by atoms with Crippen LogP contribution in [0.15, 0.2) is 48.8 Å². The Morgan fingerprint density at radius 2 is 1.64 bits per heavy atom. The zero-order valence-electron chi connectivity index (χ0n) is 26.0. The van der Waals surface area contributed by atoms with Crippen LogP contribution in [0.1, 0.15) is 40.2 Å². The van der Waals surface area contributed by atoms with Gasteiger partial charge in [0.1, 0.15) is 30.2 Å². The minimum absolute atomic E-state index is 0.181. The molecule has 0 atom stereocenters. The van der Waals surface area contributed by atoms with Gasteiger partial charge in [-0.1, -0.05) is 18.5 Å². The maximum atomic E-state index is 12.0. The van der Waals surface area contributed by atoms with Crippen LogP contribution in [0, 0.1) is 0 Å². The van der Waals surface area contributed by atoms with Crippen molar-refractivity contribution in [3.05, 3.63) is 59.4 Å². The lowest BCUT2D eigenvalue weighted by Crippen LogP contribution is -2.34. The van der Waals surface area contributed by atoms with Gasteiger partial charge in [0.25, 0.3) is 0 Å². The molecule has 13 heteroatoms. The fraction of sp³-hybridized carbons (Fsp3) is 0.419. The third-order valence-corrected chi connectivity index (χ3v) is 6.32. The SMILES string of the molecule is CCOC(=O)CN(CC)Cc1cc(Nc2cc(Nc3ccc(OC)c(OCCNC(=O)OC(C)(C)C)c3)ncn2)ccc1Cl. The van der Waals surface area contributed by atoms with Crippen LogP contribution < -0.4 is 25.4 Å². The highest BCUT2D eigenvalue weighted by molar-refractivity contribution is 6.31. The molecule has 0 bridgehead atoms. The minimum Gasteiger partial charge on any atom is -0.493 e. The van der Waals surface area contributed by atoms with E-state index in [2.05, 4.69) is 25.9 Å². The number of carbonyl (C=O) groups excluding carboxylic acids is 2. The summed E-state index contributed by atoms with van der Waals surface area (Å²) >= 11 is 6.48. The van der Waals surface area contributed by atoms with Crippen LogP contribution in [-0.4, -0.2) is 72.5 Å².